The van der Waals surface area contributed by atoms with Crippen LogP contribution in [0.25, 0.3) is 0 Å². The van der Waals surface area contributed by atoms with Gasteiger partial charge in [-0.05, 0) is 13.8 Å². The van der Waals surface area contributed by atoms with Crippen molar-refractivity contribution >= 4 is 11.4 Å². The van der Waals surface area contributed by atoms with Crippen molar-refractivity contribution in [2.75, 3.05) is 13.1 Å². The highest BCUT2D eigenvalue weighted by Gasteiger charge is 2.71. The largest absolute Gasteiger partial charge is 0.426 e. The fourth-order valence-corrected chi connectivity index (χ4v) is 2.06. The minimum Gasteiger partial charge on any atom is -0.373 e. The molecule has 0 aliphatic heterocycles. The Kier molecular flexibility index (Phi) is 8.41. The highest BCUT2D eigenvalue weighted by atomic mass is 19.4. The minimum atomic E-state index is -6.09. The summed E-state index contributed by atoms with van der Waals surface area (Å²) < 4.78 is 151. The smallest absolute Gasteiger partial charge is 0.373 e. The van der Waals surface area contributed by atoms with Gasteiger partial charge in [0, 0.05) is 24.3 Å². The zero-order valence-electron chi connectivity index (χ0n) is 15.2. The van der Waals surface area contributed by atoms with E-state index in [1.807, 2.05) is 0 Å². The van der Waals surface area contributed by atoms with Crippen molar-refractivity contribution in [2.24, 2.45) is 9.98 Å². The SMILES string of the molecule is C/C(CC(O)(C(F)(F)F)C(F)(F)F)=N/CC/N=C(\C)CC(O)(C(F)(F)F)C(F)(F)F. The number of hydrogen-bond acceptors (Lipinski definition) is 4. The van der Waals surface area contributed by atoms with Crippen LogP contribution in [0.2, 0.25) is 0 Å². The molecule has 0 aromatic carbocycles. The predicted octanol–water partition coefficient (Wildman–Crippen LogP) is 4.40. The van der Waals surface area contributed by atoms with Crippen LogP contribution < -0.4 is 0 Å². The second kappa shape index (κ2) is 8.88. The molecule has 0 aromatic heterocycles. The number of nitrogens with zero attached hydrogens (tertiary/aromatic N) is 2. The van der Waals surface area contributed by atoms with Crippen LogP contribution >= 0.6 is 0 Å². The normalized spacial score (nSPS) is 16.3. The van der Waals surface area contributed by atoms with Gasteiger partial charge in [0.05, 0.1) is 13.1 Å². The molecule has 0 rings (SSSR count). The second-order valence-electron chi connectivity index (χ2n) is 6.30. The molecule has 0 radical (unpaired) electrons. The zero-order valence-corrected chi connectivity index (χ0v) is 15.2. The van der Waals surface area contributed by atoms with Crippen LogP contribution in [0.15, 0.2) is 9.98 Å². The Hall–Kier alpha value is -1.58. The quantitative estimate of drug-likeness (QED) is 0.328. The maximum absolute atomic E-state index is 12.6. The van der Waals surface area contributed by atoms with Crippen LogP contribution in [0, 0.1) is 0 Å². The van der Waals surface area contributed by atoms with E-state index in [0.29, 0.717) is 13.8 Å². The zero-order chi connectivity index (χ0) is 24.4. The molecule has 0 amide bonds. The average Bonchev–Trinajstić information content (AvgIpc) is 2.46. The Labute approximate surface area is 161 Å². The van der Waals surface area contributed by atoms with Crippen molar-refractivity contribution in [1.82, 2.24) is 0 Å². The summed E-state index contributed by atoms with van der Waals surface area (Å²) in [5.41, 5.74) is -11.9. The third-order valence-electron chi connectivity index (χ3n) is 3.76. The van der Waals surface area contributed by atoms with Gasteiger partial charge in [-0.1, -0.05) is 0 Å². The number of halogens is 12. The van der Waals surface area contributed by atoms with Crippen molar-refractivity contribution in [1.29, 1.82) is 0 Å². The van der Waals surface area contributed by atoms with E-state index in [1.165, 1.54) is 0 Å². The van der Waals surface area contributed by atoms with Gasteiger partial charge in [-0.2, -0.15) is 52.7 Å². The Morgan fingerprint density at radius 1 is 0.533 bits per heavy atom. The van der Waals surface area contributed by atoms with Gasteiger partial charge in [-0.25, -0.2) is 0 Å². The summed E-state index contributed by atoms with van der Waals surface area (Å²) in [5, 5.41) is 18.0. The number of rotatable bonds is 7. The molecule has 0 aromatic rings. The molecular formula is C14H16F12N2O2. The van der Waals surface area contributed by atoms with Gasteiger partial charge in [-0.15, -0.1) is 0 Å². The predicted molar refractivity (Wildman–Crippen MR) is 79.3 cm³/mol. The number of hydrogen-bond donors (Lipinski definition) is 2. The first-order chi connectivity index (χ1) is 13.0. The number of aliphatic hydroxyl groups is 2. The number of alkyl halides is 12. The van der Waals surface area contributed by atoms with E-state index in [1.54, 1.807) is 0 Å². The number of aliphatic imine (C=N–C) groups is 2. The maximum atomic E-state index is 12.6. The van der Waals surface area contributed by atoms with Crippen LogP contribution in [0.1, 0.15) is 26.7 Å². The Morgan fingerprint density at radius 2 is 0.733 bits per heavy atom. The molecule has 178 valence electrons. The minimum absolute atomic E-state index is 0.699. The van der Waals surface area contributed by atoms with E-state index < -0.39 is 73.3 Å². The van der Waals surface area contributed by atoms with E-state index in [9.17, 15) is 52.7 Å². The third-order valence-corrected chi connectivity index (χ3v) is 3.76. The lowest BCUT2D eigenvalue weighted by atomic mass is 9.95. The third kappa shape index (κ3) is 6.46. The fourth-order valence-electron chi connectivity index (χ4n) is 2.06. The molecule has 4 nitrogen and oxygen atoms in total. The van der Waals surface area contributed by atoms with Crippen LogP contribution in [0.5, 0.6) is 0 Å². The average molecular weight is 472 g/mol. The molecule has 0 unspecified atom stereocenters. The molecule has 0 heterocycles. The summed E-state index contributed by atoms with van der Waals surface area (Å²) in [4.78, 5) is 6.49. The Bertz CT molecular complexity index is 559. The molecule has 16 heteroatoms. The van der Waals surface area contributed by atoms with Gasteiger partial charge in [0.25, 0.3) is 11.2 Å². The lowest BCUT2D eigenvalue weighted by molar-refractivity contribution is -0.365. The topological polar surface area (TPSA) is 65.2 Å². The molecule has 0 aliphatic carbocycles. The standard InChI is InChI=1S/C14H16F12N2O2/c1-7(5-9(29,11(15,16)17)12(18,19)20)27-3-4-28-8(2)6-10(30,13(21,22)23)14(24,25)26/h29-30H,3-6H2,1-2H3/b27-7-,28-8+. The second-order valence-corrected chi connectivity index (χ2v) is 6.30. The fraction of sp³-hybridized carbons (Fsp3) is 0.857. The van der Waals surface area contributed by atoms with Crippen LogP contribution in [-0.4, -0.2) is 70.6 Å². The van der Waals surface area contributed by atoms with Gasteiger partial charge < -0.3 is 10.2 Å². The molecule has 2 N–H and O–H groups in total. The van der Waals surface area contributed by atoms with Crippen molar-refractivity contribution in [3.8, 4) is 0 Å². The van der Waals surface area contributed by atoms with Gasteiger partial charge in [-0.3, -0.25) is 9.98 Å². The van der Waals surface area contributed by atoms with Crippen molar-refractivity contribution < 1.29 is 62.9 Å². The summed E-state index contributed by atoms with van der Waals surface area (Å²) >= 11 is 0. The van der Waals surface area contributed by atoms with E-state index in [0.717, 1.165) is 0 Å². The van der Waals surface area contributed by atoms with Crippen LogP contribution in [-0.2, 0) is 0 Å². The maximum Gasteiger partial charge on any atom is 0.426 e. The van der Waals surface area contributed by atoms with Crippen LogP contribution in [0.3, 0.4) is 0 Å². The summed E-state index contributed by atoms with van der Waals surface area (Å²) in [6.45, 7) is -0.00693. The van der Waals surface area contributed by atoms with E-state index >= 15 is 0 Å². The first-order valence-corrected chi connectivity index (χ1v) is 7.71. The van der Waals surface area contributed by atoms with Crippen LogP contribution in [0.4, 0.5) is 52.7 Å². The first-order valence-electron chi connectivity index (χ1n) is 7.71. The monoisotopic (exact) mass is 472 g/mol. The molecule has 0 saturated heterocycles. The summed E-state index contributed by atoms with van der Waals surface area (Å²) in [6, 6.07) is 0. The molecule has 0 saturated carbocycles. The molecule has 0 spiro atoms. The van der Waals surface area contributed by atoms with E-state index in [4.69, 9.17) is 10.2 Å². The lowest BCUT2D eigenvalue weighted by Crippen LogP contribution is -2.57. The van der Waals surface area contributed by atoms with Gasteiger partial charge in [0.2, 0.25) is 0 Å². The Balaban J connectivity index is 5.23. The van der Waals surface area contributed by atoms with Gasteiger partial charge >= 0.3 is 24.7 Å². The molecule has 0 aliphatic rings. The van der Waals surface area contributed by atoms with Gasteiger partial charge in [0.15, 0.2) is 0 Å². The van der Waals surface area contributed by atoms with E-state index in [-0.39, 0.29) is 0 Å². The molecule has 0 atom stereocenters. The van der Waals surface area contributed by atoms with Crippen molar-refractivity contribution in [3.05, 3.63) is 0 Å². The molecule has 0 bridgehead atoms. The van der Waals surface area contributed by atoms with E-state index in [2.05, 4.69) is 9.98 Å². The first kappa shape index (κ1) is 28.4. The summed E-state index contributed by atoms with van der Waals surface area (Å²) in [5.74, 6) is 0. The van der Waals surface area contributed by atoms with Gasteiger partial charge in [0.1, 0.15) is 0 Å². The molecule has 0 fully saturated rings. The lowest BCUT2D eigenvalue weighted by Gasteiger charge is -2.32. The summed E-state index contributed by atoms with van der Waals surface area (Å²) in [7, 11) is 0. The Morgan fingerprint density at radius 3 is 0.900 bits per heavy atom. The van der Waals surface area contributed by atoms with Crippen molar-refractivity contribution in [2.45, 2.75) is 62.6 Å². The van der Waals surface area contributed by atoms with Crippen molar-refractivity contribution in [3.63, 3.8) is 0 Å². The highest BCUT2D eigenvalue weighted by molar-refractivity contribution is 5.84. The summed E-state index contributed by atoms with van der Waals surface area (Å²) in [6.07, 6.45) is -28.3. The molecule has 30 heavy (non-hydrogen) atoms. The highest BCUT2D eigenvalue weighted by Crippen LogP contribution is 2.46. The molecular weight excluding hydrogens is 456 g/mol.